The van der Waals surface area contributed by atoms with E-state index in [1.165, 1.54) is 135 Å². The van der Waals surface area contributed by atoms with E-state index < -0.39 is 0 Å². The second-order valence-corrected chi connectivity index (χ2v) is 8.17. The van der Waals surface area contributed by atoms with Gasteiger partial charge in [-0.05, 0) is 25.7 Å². The molecule has 0 aliphatic carbocycles. The van der Waals surface area contributed by atoms with Crippen LogP contribution in [0.4, 0.5) is 0 Å². The lowest BCUT2D eigenvalue weighted by atomic mass is 10.0. The third-order valence-electron chi connectivity index (χ3n) is 5.27. The van der Waals surface area contributed by atoms with Crippen LogP contribution in [-0.2, 0) is 0 Å². The van der Waals surface area contributed by atoms with E-state index in [1.807, 2.05) is 12.2 Å². The molecule has 0 nitrogen and oxygen atoms in total. The summed E-state index contributed by atoms with van der Waals surface area (Å²) in [6.45, 7) is 12.0. The number of unbranched alkanes of at least 4 members (excludes halogenated alkanes) is 19. The quantitative estimate of drug-likeness (QED) is 0.137. The molecule has 0 bridgehead atoms. The summed E-state index contributed by atoms with van der Waals surface area (Å²) in [5.74, 6) is 0. The molecule has 0 aromatic heterocycles. The summed E-state index contributed by atoms with van der Waals surface area (Å²) in [4.78, 5) is 0. The van der Waals surface area contributed by atoms with Crippen LogP contribution >= 0.6 is 0 Å². The molecular formula is C27H54. The van der Waals surface area contributed by atoms with E-state index in [1.54, 1.807) is 0 Å². The lowest BCUT2D eigenvalue weighted by Crippen LogP contribution is -1.82. The second kappa shape index (κ2) is 30.2. The van der Waals surface area contributed by atoms with Gasteiger partial charge in [-0.3, -0.25) is 0 Å². The highest BCUT2D eigenvalue weighted by Gasteiger charge is 1.93. The minimum atomic E-state index is 1.20. The van der Waals surface area contributed by atoms with Gasteiger partial charge in [-0.15, -0.1) is 13.2 Å². The van der Waals surface area contributed by atoms with Crippen molar-refractivity contribution in [2.75, 3.05) is 0 Å². The molecule has 0 saturated heterocycles. The standard InChI is InChI=1S/C17H34.C10H20/c1-3-5-7-9-11-13-15-17-16-14-12-10-8-6-4-2;1-3-5-7-9-10-8-6-4-2/h3H,1,4-17H2,2H3;3H,1,4-10H2,2H3. The van der Waals surface area contributed by atoms with Gasteiger partial charge in [0.15, 0.2) is 0 Å². The third kappa shape index (κ3) is 33.5. The minimum absolute atomic E-state index is 1.20. The zero-order valence-corrected chi connectivity index (χ0v) is 19.4. The molecule has 0 atom stereocenters. The molecular weight excluding hydrogens is 324 g/mol. The molecule has 27 heavy (non-hydrogen) atoms. The van der Waals surface area contributed by atoms with E-state index in [9.17, 15) is 0 Å². The molecule has 0 N–H and O–H groups in total. The molecule has 0 rings (SSSR count). The number of hydrogen-bond acceptors (Lipinski definition) is 0. The summed E-state index contributed by atoms with van der Waals surface area (Å²) in [5.41, 5.74) is 0. The van der Waals surface area contributed by atoms with Gasteiger partial charge in [-0.2, -0.15) is 0 Å². The molecule has 0 aromatic rings. The van der Waals surface area contributed by atoms with E-state index in [0.29, 0.717) is 0 Å². The summed E-state index contributed by atoms with van der Waals surface area (Å²) in [7, 11) is 0. The van der Waals surface area contributed by atoms with Gasteiger partial charge in [0.1, 0.15) is 0 Å². The number of rotatable bonds is 21. The van der Waals surface area contributed by atoms with Crippen LogP contribution < -0.4 is 0 Å². The highest BCUT2D eigenvalue weighted by atomic mass is 14.0. The van der Waals surface area contributed by atoms with Gasteiger partial charge < -0.3 is 0 Å². The summed E-state index contributed by atoms with van der Waals surface area (Å²) in [6, 6.07) is 0. The van der Waals surface area contributed by atoms with E-state index in [4.69, 9.17) is 0 Å². The fourth-order valence-electron chi connectivity index (χ4n) is 3.38. The Hall–Kier alpha value is -0.520. The van der Waals surface area contributed by atoms with E-state index in [2.05, 4.69) is 27.0 Å². The van der Waals surface area contributed by atoms with Crippen molar-refractivity contribution in [1.29, 1.82) is 0 Å². The summed E-state index contributed by atoms with van der Waals surface area (Å²) >= 11 is 0. The molecule has 0 aliphatic rings. The van der Waals surface area contributed by atoms with Gasteiger partial charge in [-0.25, -0.2) is 0 Å². The third-order valence-corrected chi connectivity index (χ3v) is 5.27. The molecule has 162 valence electrons. The van der Waals surface area contributed by atoms with Crippen molar-refractivity contribution in [3.63, 3.8) is 0 Å². The van der Waals surface area contributed by atoms with Gasteiger partial charge in [0.25, 0.3) is 0 Å². The Bertz CT molecular complexity index is 253. The number of hydrogen-bond donors (Lipinski definition) is 0. The first-order valence-corrected chi connectivity index (χ1v) is 12.5. The molecule has 0 aliphatic heterocycles. The van der Waals surface area contributed by atoms with Crippen molar-refractivity contribution in [3.05, 3.63) is 25.3 Å². The monoisotopic (exact) mass is 378 g/mol. The van der Waals surface area contributed by atoms with E-state index in [0.717, 1.165) is 0 Å². The summed E-state index contributed by atoms with van der Waals surface area (Å²) in [5, 5.41) is 0. The van der Waals surface area contributed by atoms with Crippen molar-refractivity contribution in [1.82, 2.24) is 0 Å². The normalized spacial score (nSPS) is 10.3. The molecule has 0 saturated carbocycles. The summed E-state index contributed by atoms with van der Waals surface area (Å²) < 4.78 is 0. The van der Waals surface area contributed by atoms with Crippen LogP contribution in [0.5, 0.6) is 0 Å². The van der Waals surface area contributed by atoms with Gasteiger partial charge in [0.2, 0.25) is 0 Å². The van der Waals surface area contributed by atoms with Crippen LogP contribution in [0.1, 0.15) is 149 Å². The van der Waals surface area contributed by atoms with Crippen LogP contribution in [0.15, 0.2) is 25.3 Å². The molecule has 0 aromatic carbocycles. The maximum Gasteiger partial charge on any atom is -0.0353 e. The maximum absolute atomic E-state index is 3.75. The van der Waals surface area contributed by atoms with Crippen LogP contribution in [0.25, 0.3) is 0 Å². The Kier molecular flexibility index (Phi) is 32.1. The Morgan fingerprint density at radius 1 is 0.370 bits per heavy atom. The van der Waals surface area contributed by atoms with Gasteiger partial charge in [0, 0.05) is 0 Å². The largest absolute Gasteiger partial charge is 0.103 e. The fraction of sp³-hybridized carbons (Fsp3) is 0.852. The first-order valence-electron chi connectivity index (χ1n) is 12.5. The van der Waals surface area contributed by atoms with Crippen LogP contribution in [0.3, 0.4) is 0 Å². The zero-order valence-electron chi connectivity index (χ0n) is 19.4. The second-order valence-electron chi connectivity index (χ2n) is 8.17. The highest BCUT2D eigenvalue weighted by Crippen LogP contribution is 2.12. The maximum atomic E-state index is 3.75. The van der Waals surface area contributed by atoms with E-state index >= 15 is 0 Å². The smallest absolute Gasteiger partial charge is 0.0353 e. The molecule has 0 fully saturated rings. The van der Waals surface area contributed by atoms with Gasteiger partial charge >= 0.3 is 0 Å². The van der Waals surface area contributed by atoms with Crippen molar-refractivity contribution >= 4 is 0 Å². The molecule has 0 spiro atoms. The minimum Gasteiger partial charge on any atom is -0.103 e. The highest BCUT2D eigenvalue weighted by molar-refractivity contribution is 4.65. The average Bonchev–Trinajstić information content (AvgIpc) is 2.69. The molecule has 0 amide bonds. The average molecular weight is 379 g/mol. The predicted molar refractivity (Wildman–Crippen MR) is 129 cm³/mol. The van der Waals surface area contributed by atoms with Crippen molar-refractivity contribution in [2.24, 2.45) is 0 Å². The zero-order chi connectivity index (χ0) is 20.3. The Labute approximate surface area is 174 Å². The number of allylic oxidation sites excluding steroid dienone is 2. The van der Waals surface area contributed by atoms with Crippen molar-refractivity contribution < 1.29 is 0 Å². The Morgan fingerprint density at radius 2 is 0.593 bits per heavy atom. The lowest BCUT2D eigenvalue weighted by Gasteiger charge is -2.02. The first-order chi connectivity index (χ1) is 13.3. The van der Waals surface area contributed by atoms with Crippen LogP contribution in [0, 0.1) is 0 Å². The van der Waals surface area contributed by atoms with Crippen molar-refractivity contribution in [2.45, 2.75) is 149 Å². The summed E-state index contributed by atoms with van der Waals surface area (Å²) in [6.07, 6.45) is 33.5. The predicted octanol–water partition coefficient (Wildman–Crippen LogP) is 10.6. The van der Waals surface area contributed by atoms with Crippen LogP contribution in [-0.4, -0.2) is 0 Å². The first kappa shape index (κ1) is 28.7. The van der Waals surface area contributed by atoms with Crippen LogP contribution in [0.2, 0.25) is 0 Å². The lowest BCUT2D eigenvalue weighted by molar-refractivity contribution is 0.540. The molecule has 0 unspecified atom stereocenters. The Balaban J connectivity index is 0. The molecule has 0 heterocycles. The molecule has 0 heteroatoms. The van der Waals surface area contributed by atoms with E-state index in [-0.39, 0.29) is 0 Å². The van der Waals surface area contributed by atoms with Crippen molar-refractivity contribution in [3.8, 4) is 0 Å². The topological polar surface area (TPSA) is 0 Å². The van der Waals surface area contributed by atoms with Gasteiger partial charge in [0.05, 0.1) is 0 Å². The van der Waals surface area contributed by atoms with Gasteiger partial charge in [-0.1, -0.05) is 135 Å². The fourth-order valence-corrected chi connectivity index (χ4v) is 3.38. The molecule has 0 radical (unpaired) electrons. The Morgan fingerprint density at radius 3 is 0.815 bits per heavy atom. The SMILES string of the molecule is C=CCCCCCCCC.C=CCCCCCCCCCCCCCCC.